The highest BCUT2D eigenvalue weighted by Crippen LogP contribution is 2.21. The number of ether oxygens (including phenoxy) is 1. The Bertz CT molecular complexity index is 355. The number of nitrogens with one attached hydrogen (secondary N) is 1. The van der Waals surface area contributed by atoms with Crippen LogP contribution < -0.4 is 5.32 Å². The molecule has 3 unspecified atom stereocenters. The number of piperazine rings is 1. The van der Waals surface area contributed by atoms with Gasteiger partial charge in [0.25, 0.3) is 0 Å². The lowest BCUT2D eigenvalue weighted by Gasteiger charge is -2.42. The highest BCUT2D eigenvalue weighted by molar-refractivity contribution is 5.20. The number of rotatable bonds is 4. The molecule has 1 N–H and O–H groups in total. The van der Waals surface area contributed by atoms with Crippen LogP contribution in [0.1, 0.15) is 25.5 Å². The lowest BCUT2D eigenvalue weighted by Crippen LogP contribution is -2.55. The van der Waals surface area contributed by atoms with Gasteiger partial charge in [0.05, 0.1) is 6.61 Å². The maximum Gasteiger partial charge on any atom is 0.0615 e. The minimum absolute atomic E-state index is 0.432. The van der Waals surface area contributed by atoms with Gasteiger partial charge in [-0.3, -0.25) is 4.90 Å². The van der Waals surface area contributed by atoms with Gasteiger partial charge in [-0.1, -0.05) is 30.3 Å². The van der Waals surface area contributed by atoms with Crippen LogP contribution >= 0.6 is 0 Å². The van der Waals surface area contributed by atoms with Gasteiger partial charge < -0.3 is 10.1 Å². The molecule has 1 aliphatic heterocycles. The molecule has 0 saturated carbocycles. The average molecular weight is 248 g/mol. The topological polar surface area (TPSA) is 24.5 Å². The lowest BCUT2D eigenvalue weighted by molar-refractivity contribution is 0.0474. The summed E-state index contributed by atoms with van der Waals surface area (Å²) in [6.45, 7) is 7.41. The summed E-state index contributed by atoms with van der Waals surface area (Å²) in [5, 5.41) is 3.63. The zero-order valence-electron chi connectivity index (χ0n) is 11.6. The molecule has 0 aliphatic carbocycles. The van der Waals surface area contributed by atoms with E-state index in [2.05, 4.69) is 54.4 Å². The molecule has 1 fully saturated rings. The van der Waals surface area contributed by atoms with Crippen LogP contribution in [0.15, 0.2) is 30.3 Å². The smallest absolute Gasteiger partial charge is 0.0615 e. The van der Waals surface area contributed by atoms with Crippen LogP contribution in [0.25, 0.3) is 0 Å². The minimum Gasteiger partial charge on any atom is -0.383 e. The standard InChI is InChI=1S/C15H24N2O/c1-12-9-16-15(14-7-5-4-6-8-14)10-17(12)13(2)11-18-3/h4-8,12-13,15-16H,9-11H2,1-3H3. The number of hydrogen-bond donors (Lipinski definition) is 1. The van der Waals surface area contributed by atoms with Crippen LogP contribution in [0, 0.1) is 0 Å². The molecule has 1 aliphatic rings. The quantitative estimate of drug-likeness (QED) is 0.882. The Hall–Kier alpha value is -0.900. The van der Waals surface area contributed by atoms with E-state index in [9.17, 15) is 0 Å². The Labute approximate surface area is 110 Å². The van der Waals surface area contributed by atoms with E-state index in [1.807, 2.05) is 0 Å². The van der Waals surface area contributed by atoms with Gasteiger partial charge in [0.2, 0.25) is 0 Å². The van der Waals surface area contributed by atoms with Gasteiger partial charge in [0.1, 0.15) is 0 Å². The fraction of sp³-hybridized carbons (Fsp3) is 0.600. The Kier molecular flexibility index (Phi) is 4.75. The third kappa shape index (κ3) is 3.10. The summed E-state index contributed by atoms with van der Waals surface area (Å²) in [4.78, 5) is 2.54. The molecule has 1 aromatic carbocycles. The summed E-state index contributed by atoms with van der Waals surface area (Å²) >= 11 is 0. The maximum absolute atomic E-state index is 5.28. The van der Waals surface area contributed by atoms with Crippen molar-refractivity contribution in [2.75, 3.05) is 26.8 Å². The van der Waals surface area contributed by atoms with Gasteiger partial charge in [0.15, 0.2) is 0 Å². The van der Waals surface area contributed by atoms with E-state index in [1.165, 1.54) is 5.56 Å². The van der Waals surface area contributed by atoms with E-state index in [0.29, 0.717) is 18.1 Å². The van der Waals surface area contributed by atoms with Crippen molar-refractivity contribution in [3.05, 3.63) is 35.9 Å². The van der Waals surface area contributed by atoms with E-state index in [-0.39, 0.29) is 0 Å². The van der Waals surface area contributed by atoms with Crippen LogP contribution in [0.5, 0.6) is 0 Å². The van der Waals surface area contributed by atoms with Crippen molar-refractivity contribution < 1.29 is 4.74 Å². The second-order valence-corrected chi connectivity index (χ2v) is 5.22. The van der Waals surface area contributed by atoms with Crippen LogP contribution in [-0.4, -0.2) is 43.8 Å². The van der Waals surface area contributed by atoms with Gasteiger partial charge in [0, 0.05) is 38.3 Å². The van der Waals surface area contributed by atoms with Crippen molar-refractivity contribution in [2.45, 2.75) is 32.0 Å². The molecule has 2 rings (SSSR count). The molecule has 3 nitrogen and oxygen atoms in total. The number of hydrogen-bond acceptors (Lipinski definition) is 3. The molecular weight excluding hydrogens is 224 g/mol. The first-order valence-corrected chi connectivity index (χ1v) is 6.75. The van der Waals surface area contributed by atoms with Crippen molar-refractivity contribution in [1.29, 1.82) is 0 Å². The predicted octanol–water partition coefficient (Wildman–Crippen LogP) is 2.06. The fourth-order valence-electron chi connectivity index (χ4n) is 2.75. The molecule has 100 valence electrons. The molecule has 3 atom stereocenters. The molecular formula is C15H24N2O. The van der Waals surface area contributed by atoms with Crippen LogP contribution in [0.3, 0.4) is 0 Å². The fourth-order valence-corrected chi connectivity index (χ4v) is 2.75. The van der Waals surface area contributed by atoms with Gasteiger partial charge in [-0.25, -0.2) is 0 Å². The maximum atomic E-state index is 5.28. The first-order chi connectivity index (χ1) is 8.72. The van der Waals surface area contributed by atoms with Crippen molar-refractivity contribution >= 4 is 0 Å². The Morgan fingerprint density at radius 3 is 2.78 bits per heavy atom. The summed E-state index contributed by atoms with van der Waals surface area (Å²) in [6, 6.07) is 12.2. The Balaban J connectivity index is 2.04. The predicted molar refractivity (Wildman–Crippen MR) is 74.7 cm³/mol. The highest BCUT2D eigenvalue weighted by Gasteiger charge is 2.28. The number of benzene rings is 1. The van der Waals surface area contributed by atoms with E-state index in [0.717, 1.165) is 19.7 Å². The molecule has 0 bridgehead atoms. The number of methoxy groups -OCH3 is 1. The second kappa shape index (κ2) is 6.32. The third-order valence-corrected chi connectivity index (χ3v) is 3.80. The van der Waals surface area contributed by atoms with Gasteiger partial charge in [-0.15, -0.1) is 0 Å². The van der Waals surface area contributed by atoms with Crippen molar-refractivity contribution in [2.24, 2.45) is 0 Å². The molecule has 1 heterocycles. The molecule has 0 aromatic heterocycles. The molecule has 0 radical (unpaired) electrons. The minimum atomic E-state index is 0.432. The first kappa shape index (κ1) is 13.5. The zero-order valence-corrected chi connectivity index (χ0v) is 11.6. The van der Waals surface area contributed by atoms with Gasteiger partial charge in [-0.05, 0) is 19.4 Å². The zero-order chi connectivity index (χ0) is 13.0. The molecule has 18 heavy (non-hydrogen) atoms. The van der Waals surface area contributed by atoms with Crippen LogP contribution in [-0.2, 0) is 4.74 Å². The van der Waals surface area contributed by atoms with Crippen molar-refractivity contribution in [3.63, 3.8) is 0 Å². The van der Waals surface area contributed by atoms with Gasteiger partial charge >= 0.3 is 0 Å². The summed E-state index contributed by atoms with van der Waals surface area (Å²) < 4.78 is 5.28. The van der Waals surface area contributed by atoms with Gasteiger partial charge in [-0.2, -0.15) is 0 Å². The van der Waals surface area contributed by atoms with E-state index in [4.69, 9.17) is 4.74 Å². The normalized spacial score (nSPS) is 27.1. The molecule has 1 saturated heterocycles. The largest absolute Gasteiger partial charge is 0.383 e. The average Bonchev–Trinajstić information content (AvgIpc) is 2.40. The summed E-state index contributed by atoms with van der Waals surface area (Å²) in [5.74, 6) is 0. The molecule has 1 aromatic rings. The van der Waals surface area contributed by atoms with Crippen molar-refractivity contribution in [3.8, 4) is 0 Å². The Morgan fingerprint density at radius 1 is 1.39 bits per heavy atom. The SMILES string of the molecule is COCC(C)N1CC(c2ccccc2)NCC1C. The first-order valence-electron chi connectivity index (χ1n) is 6.75. The molecule has 0 amide bonds. The summed E-state index contributed by atoms with van der Waals surface area (Å²) in [6.07, 6.45) is 0. The monoisotopic (exact) mass is 248 g/mol. The van der Waals surface area contributed by atoms with E-state index in [1.54, 1.807) is 7.11 Å². The van der Waals surface area contributed by atoms with Crippen LogP contribution in [0.4, 0.5) is 0 Å². The molecule has 3 heteroatoms. The Morgan fingerprint density at radius 2 is 2.11 bits per heavy atom. The second-order valence-electron chi connectivity index (χ2n) is 5.22. The molecule has 0 spiro atoms. The third-order valence-electron chi connectivity index (χ3n) is 3.80. The summed E-state index contributed by atoms with van der Waals surface area (Å²) in [7, 11) is 1.78. The lowest BCUT2D eigenvalue weighted by atomic mass is 10.0. The number of nitrogens with zero attached hydrogens (tertiary/aromatic N) is 1. The van der Waals surface area contributed by atoms with E-state index >= 15 is 0 Å². The van der Waals surface area contributed by atoms with Crippen LogP contribution in [0.2, 0.25) is 0 Å². The highest BCUT2D eigenvalue weighted by atomic mass is 16.5. The van der Waals surface area contributed by atoms with Crippen molar-refractivity contribution in [1.82, 2.24) is 10.2 Å². The summed E-state index contributed by atoms with van der Waals surface area (Å²) in [5.41, 5.74) is 1.37. The van der Waals surface area contributed by atoms with E-state index < -0.39 is 0 Å².